The third kappa shape index (κ3) is 6.87. The molecule has 184 valence electrons. The highest BCUT2D eigenvalue weighted by molar-refractivity contribution is 9.10. The fraction of sp³-hybridized carbons (Fsp3) is 0.148. The number of benzene rings is 3. The average Bonchev–Trinajstić information content (AvgIpc) is 2.87. The van der Waals surface area contributed by atoms with Crippen molar-refractivity contribution in [2.24, 2.45) is 0 Å². The van der Waals surface area contributed by atoms with Gasteiger partial charge >= 0.3 is 0 Å². The van der Waals surface area contributed by atoms with Crippen molar-refractivity contribution in [3.8, 4) is 23.3 Å². The molecule has 2 amide bonds. The first-order valence-electron chi connectivity index (χ1n) is 10.8. The average molecular weight is 550 g/mol. The van der Waals surface area contributed by atoms with E-state index in [2.05, 4.69) is 26.6 Å². The van der Waals surface area contributed by atoms with E-state index in [-0.39, 0.29) is 12.2 Å². The summed E-state index contributed by atoms with van der Waals surface area (Å²) in [6.45, 7) is 1.66. The lowest BCUT2D eigenvalue weighted by atomic mass is 10.1. The lowest BCUT2D eigenvalue weighted by molar-refractivity contribution is -0.118. The largest absolute Gasteiger partial charge is 0.495 e. The lowest BCUT2D eigenvalue weighted by Gasteiger charge is -2.14. The zero-order chi connectivity index (χ0) is 26.1. The van der Waals surface area contributed by atoms with Crippen molar-refractivity contribution >= 4 is 45.2 Å². The second-order valence-electron chi connectivity index (χ2n) is 7.56. The molecule has 8 nitrogen and oxygen atoms in total. The summed E-state index contributed by atoms with van der Waals surface area (Å²) < 4.78 is 16.8. The molecule has 2 N–H and O–H groups in total. The van der Waals surface area contributed by atoms with Gasteiger partial charge in [-0.3, -0.25) is 9.59 Å². The van der Waals surface area contributed by atoms with Crippen LogP contribution in [0.3, 0.4) is 0 Å². The highest BCUT2D eigenvalue weighted by atomic mass is 79.9. The van der Waals surface area contributed by atoms with Crippen LogP contribution in [0.25, 0.3) is 6.08 Å². The first-order valence-corrected chi connectivity index (χ1v) is 11.6. The fourth-order valence-electron chi connectivity index (χ4n) is 3.19. The van der Waals surface area contributed by atoms with E-state index in [0.717, 1.165) is 5.56 Å². The van der Waals surface area contributed by atoms with E-state index >= 15 is 0 Å². The van der Waals surface area contributed by atoms with Crippen LogP contribution in [-0.2, 0) is 9.59 Å². The highest BCUT2D eigenvalue weighted by Gasteiger charge is 2.16. The second-order valence-corrected chi connectivity index (χ2v) is 8.42. The van der Waals surface area contributed by atoms with Crippen LogP contribution in [0.5, 0.6) is 17.2 Å². The third-order valence-electron chi connectivity index (χ3n) is 4.97. The number of ether oxygens (including phenoxy) is 3. The quantitative estimate of drug-likeness (QED) is 0.275. The van der Waals surface area contributed by atoms with E-state index < -0.39 is 11.8 Å². The SMILES string of the molecule is COc1ccccc1NC(=O)COc1c(Br)cc(/C=C(/C#N)C(=O)Nc2ccc(C)cc2)cc1OC. The van der Waals surface area contributed by atoms with Crippen LogP contribution in [0.15, 0.2) is 70.7 Å². The molecular formula is C27H24BrN3O5. The number of anilines is 2. The highest BCUT2D eigenvalue weighted by Crippen LogP contribution is 2.37. The van der Waals surface area contributed by atoms with Gasteiger partial charge in [0.15, 0.2) is 18.1 Å². The van der Waals surface area contributed by atoms with Gasteiger partial charge in [0, 0.05) is 5.69 Å². The Morgan fingerprint density at radius 1 is 1.00 bits per heavy atom. The molecular weight excluding hydrogens is 526 g/mol. The van der Waals surface area contributed by atoms with Crippen molar-refractivity contribution in [3.05, 3.63) is 81.8 Å². The standard InChI is InChI=1S/C27H24BrN3O5/c1-17-8-10-20(11-9-17)30-27(33)19(15-29)12-18-13-21(28)26(24(14-18)35-3)36-16-25(32)31-22-6-4-5-7-23(22)34-2/h4-14H,16H2,1-3H3,(H,30,33)(H,31,32)/b19-12-. The molecule has 3 rings (SSSR count). The Labute approximate surface area is 217 Å². The minimum absolute atomic E-state index is 0.0885. The van der Waals surface area contributed by atoms with E-state index in [0.29, 0.717) is 38.7 Å². The van der Waals surface area contributed by atoms with Crippen molar-refractivity contribution in [2.45, 2.75) is 6.92 Å². The minimum Gasteiger partial charge on any atom is -0.495 e. The summed E-state index contributed by atoms with van der Waals surface area (Å²) >= 11 is 3.42. The van der Waals surface area contributed by atoms with Crippen molar-refractivity contribution < 1.29 is 23.8 Å². The molecule has 3 aromatic carbocycles. The van der Waals surface area contributed by atoms with Crippen molar-refractivity contribution in [1.29, 1.82) is 5.26 Å². The summed E-state index contributed by atoms with van der Waals surface area (Å²) in [5, 5.41) is 15.0. The molecule has 0 heterocycles. The molecule has 0 radical (unpaired) electrons. The number of hydrogen-bond acceptors (Lipinski definition) is 6. The zero-order valence-electron chi connectivity index (χ0n) is 19.9. The number of para-hydroxylation sites is 2. The summed E-state index contributed by atoms with van der Waals surface area (Å²) in [6, 6.07) is 19.5. The molecule has 0 bridgehead atoms. The molecule has 0 aliphatic heterocycles. The van der Waals surface area contributed by atoms with Gasteiger partial charge in [-0.1, -0.05) is 29.8 Å². The zero-order valence-corrected chi connectivity index (χ0v) is 21.5. The number of amides is 2. The van der Waals surface area contributed by atoms with Gasteiger partial charge < -0.3 is 24.8 Å². The normalized spacial score (nSPS) is 10.7. The third-order valence-corrected chi connectivity index (χ3v) is 5.55. The summed E-state index contributed by atoms with van der Waals surface area (Å²) in [7, 11) is 2.97. The number of carbonyl (C=O) groups is 2. The Hall–Kier alpha value is -4.29. The monoisotopic (exact) mass is 549 g/mol. The Morgan fingerprint density at radius 3 is 2.36 bits per heavy atom. The Balaban J connectivity index is 1.74. The Morgan fingerprint density at radius 2 is 1.69 bits per heavy atom. The van der Waals surface area contributed by atoms with Gasteiger partial charge in [0.1, 0.15) is 17.4 Å². The first-order chi connectivity index (χ1) is 17.3. The van der Waals surface area contributed by atoms with E-state index in [4.69, 9.17) is 14.2 Å². The van der Waals surface area contributed by atoms with Gasteiger partial charge in [-0.15, -0.1) is 0 Å². The molecule has 0 aliphatic rings. The van der Waals surface area contributed by atoms with Crippen LogP contribution in [0, 0.1) is 18.3 Å². The van der Waals surface area contributed by atoms with E-state index in [1.54, 1.807) is 48.5 Å². The maximum absolute atomic E-state index is 12.6. The number of halogens is 1. The smallest absolute Gasteiger partial charge is 0.266 e. The predicted octanol–water partition coefficient (Wildman–Crippen LogP) is 5.34. The number of nitriles is 1. The van der Waals surface area contributed by atoms with Crippen LogP contribution in [0.1, 0.15) is 11.1 Å². The fourth-order valence-corrected chi connectivity index (χ4v) is 3.76. The van der Waals surface area contributed by atoms with Gasteiger partial charge in [-0.25, -0.2) is 0 Å². The number of aryl methyl sites for hydroxylation is 1. The molecule has 0 saturated heterocycles. The van der Waals surface area contributed by atoms with Gasteiger partial charge in [-0.2, -0.15) is 5.26 Å². The predicted molar refractivity (Wildman–Crippen MR) is 141 cm³/mol. The number of nitrogens with one attached hydrogen (secondary N) is 2. The molecule has 36 heavy (non-hydrogen) atoms. The van der Waals surface area contributed by atoms with Crippen molar-refractivity contribution in [1.82, 2.24) is 0 Å². The molecule has 3 aromatic rings. The Bertz CT molecular complexity index is 1330. The number of hydrogen-bond donors (Lipinski definition) is 2. The summed E-state index contributed by atoms with van der Waals surface area (Å²) in [4.78, 5) is 25.0. The van der Waals surface area contributed by atoms with E-state index in [1.807, 2.05) is 25.1 Å². The topological polar surface area (TPSA) is 110 Å². The van der Waals surface area contributed by atoms with Crippen molar-refractivity contribution in [2.75, 3.05) is 31.5 Å². The summed E-state index contributed by atoms with van der Waals surface area (Å²) in [5.74, 6) is 0.214. The second kappa shape index (κ2) is 12.4. The molecule has 0 atom stereocenters. The summed E-state index contributed by atoms with van der Waals surface area (Å²) in [6.07, 6.45) is 1.44. The minimum atomic E-state index is -0.537. The molecule has 0 aromatic heterocycles. The van der Waals surface area contributed by atoms with Gasteiger partial charge in [-0.05, 0) is 70.9 Å². The van der Waals surface area contributed by atoms with Crippen LogP contribution >= 0.6 is 15.9 Å². The van der Waals surface area contributed by atoms with Gasteiger partial charge in [0.2, 0.25) is 0 Å². The number of nitrogens with zero attached hydrogens (tertiary/aromatic N) is 1. The maximum Gasteiger partial charge on any atom is 0.266 e. The molecule has 0 saturated carbocycles. The van der Waals surface area contributed by atoms with Gasteiger partial charge in [0.25, 0.3) is 11.8 Å². The molecule has 0 aliphatic carbocycles. The summed E-state index contributed by atoms with van der Waals surface area (Å²) in [5.41, 5.74) is 2.60. The number of methoxy groups -OCH3 is 2. The maximum atomic E-state index is 12.6. The molecule has 0 spiro atoms. The lowest BCUT2D eigenvalue weighted by Crippen LogP contribution is -2.20. The number of carbonyl (C=O) groups excluding carboxylic acids is 2. The van der Waals surface area contributed by atoms with Gasteiger partial charge in [0.05, 0.1) is 24.4 Å². The molecule has 0 fully saturated rings. The van der Waals surface area contributed by atoms with Crippen molar-refractivity contribution in [3.63, 3.8) is 0 Å². The van der Waals surface area contributed by atoms with Crippen LogP contribution in [0.4, 0.5) is 11.4 Å². The van der Waals surface area contributed by atoms with Crippen LogP contribution in [0.2, 0.25) is 0 Å². The number of rotatable bonds is 9. The molecule has 9 heteroatoms. The van der Waals surface area contributed by atoms with Crippen LogP contribution in [-0.4, -0.2) is 32.6 Å². The van der Waals surface area contributed by atoms with Crippen LogP contribution < -0.4 is 24.8 Å². The van der Waals surface area contributed by atoms with E-state index in [1.165, 1.54) is 20.3 Å². The van der Waals surface area contributed by atoms with E-state index in [9.17, 15) is 14.9 Å². The molecule has 0 unspecified atom stereocenters. The first kappa shape index (κ1) is 26.3. The Kier molecular flexibility index (Phi) is 9.08.